The summed E-state index contributed by atoms with van der Waals surface area (Å²) in [6.45, 7) is 3.70. The third-order valence-corrected chi connectivity index (χ3v) is 4.04. The molecule has 2 rings (SSSR count). The van der Waals surface area contributed by atoms with E-state index in [1.807, 2.05) is 14.0 Å². The van der Waals surface area contributed by atoms with Crippen molar-refractivity contribution in [3.63, 3.8) is 0 Å². The summed E-state index contributed by atoms with van der Waals surface area (Å²) < 4.78 is 0. The zero-order chi connectivity index (χ0) is 14.0. The Bertz CT molecular complexity index is 478. The molecular formula is C14H20ClN3O. The number of hydrogen-bond acceptors (Lipinski definition) is 3. The van der Waals surface area contributed by atoms with Gasteiger partial charge in [0.25, 0.3) is 5.91 Å². The van der Waals surface area contributed by atoms with Gasteiger partial charge >= 0.3 is 0 Å². The first-order valence-corrected chi connectivity index (χ1v) is 6.94. The number of amides is 1. The molecule has 1 aromatic heterocycles. The molecule has 1 amide bonds. The molecule has 1 saturated heterocycles. The predicted octanol–water partition coefficient (Wildman–Crippen LogP) is 2.21. The van der Waals surface area contributed by atoms with Crippen LogP contribution in [0.2, 0.25) is 5.02 Å². The van der Waals surface area contributed by atoms with Gasteiger partial charge in [0.1, 0.15) is 0 Å². The van der Waals surface area contributed by atoms with Gasteiger partial charge in [0.15, 0.2) is 0 Å². The molecule has 19 heavy (non-hydrogen) atoms. The molecular weight excluding hydrogens is 262 g/mol. The smallest absolute Gasteiger partial charge is 0.256 e. The van der Waals surface area contributed by atoms with Crippen molar-refractivity contribution in [3.8, 4) is 0 Å². The third kappa shape index (κ3) is 3.25. The largest absolute Gasteiger partial charge is 0.340 e. The topological polar surface area (TPSA) is 36.4 Å². The third-order valence-electron chi connectivity index (χ3n) is 3.72. The monoisotopic (exact) mass is 281 g/mol. The molecule has 4 nitrogen and oxygen atoms in total. The number of halogens is 1. The van der Waals surface area contributed by atoms with Gasteiger partial charge in [-0.25, -0.2) is 0 Å². The molecule has 1 aliphatic heterocycles. The molecule has 1 atom stereocenters. The minimum atomic E-state index is -0.0576. The van der Waals surface area contributed by atoms with Crippen molar-refractivity contribution < 1.29 is 4.79 Å². The fourth-order valence-electron chi connectivity index (χ4n) is 2.50. The lowest BCUT2D eigenvalue weighted by Gasteiger charge is -2.26. The molecule has 104 valence electrons. The van der Waals surface area contributed by atoms with E-state index in [1.54, 1.807) is 17.2 Å². The van der Waals surface area contributed by atoms with E-state index in [1.165, 1.54) is 6.42 Å². The second kappa shape index (κ2) is 5.88. The van der Waals surface area contributed by atoms with Crippen molar-refractivity contribution >= 4 is 17.5 Å². The quantitative estimate of drug-likeness (QED) is 0.852. The molecule has 0 bridgehead atoms. The highest BCUT2D eigenvalue weighted by Gasteiger charge is 2.25. The standard InChI is InChI=1S/C14H20ClN3O/c1-10-7-13(15)12(8-16-10)14(19)18(3)9-11-5-4-6-17(11)2/h7-8,11H,4-6,9H2,1-3H3. The number of carbonyl (C=O) groups excluding carboxylic acids is 1. The fourth-order valence-corrected chi connectivity index (χ4v) is 2.79. The highest BCUT2D eigenvalue weighted by molar-refractivity contribution is 6.33. The number of aromatic nitrogens is 1. The first-order chi connectivity index (χ1) is 8.99. The van der Waals surface area contributed by atoms with Crippen LogP contribution in [0, 0.1) is 6.92 Å². The summed E-state index contributed by atoms with van der Waals surface area (Å²) in [6, 6.07) is 2.18. The van der Waals surface area contributed by atoms with Crippen LogP contribution in [-0.4, -0.2) is 53.9 Å². The van der Waals surface area contributed by atoms with Crippen LogP contribution in [0.1, 0.15) is 28.9 Å². The Hall–Kier alpha value is -1.13. The van der Waals surface area contributed by atoms with E-state index >= 15 is 0 Å². The maximum Gasteiger partial charge on any atom is 0.256 e. The minimum Gasteiger partial charge on any atom is -0.340 e. The Labute approximate surface area is 119 Å². The Morgan fingerprint density at radius 2 is 2.37 bits per heavy atom. The molecule has 1 unspecified atom stereocenters. The molecule has 0 N–H and O–H groups in total. The van der Waals surface area contributed by atoms with Gasteiger partial charge in [-0.2, -0.15) is 0 Å². The number of pyridine rings is 1. The van der Waals surface area contributed by atoms with Gasteiger partial charge in [-0.05, 0) is 39.4 Å². The number of aryl methyl sites for hydroxylation is 1. The lowest BCUT2D eigenvalue weighted by Crippen LogP contribution is -2.39. The van der Waals surface area contributed by atoms with Gasteiger partial charge in [0.2, 0.25) is 0 Å². The fraction of sp³-hybridized carbons (Fsp3) is 0.571. The molecule has 5 heteroatoms. The zero-order valence-corrected chi connectivity index (χ0v) is 12.4. The van der Waals surface area contributed by atoms with Crippen molar-refractivity contribution in [2.45, 2.75) is 25.8 Å². The van der Waals surface area contributed by atoms with E-state index in [2.05, 4.69) is 16.9 Å². The molecule has 2 heterocycles. The Morgan fingerprint density at radius 3 is 2.95 bits per heavy atom. The molecule has 1 fully saturated rings. The number of carbonyl (C=O) groups is 1. The maximum absolute atomic E-state index is 12.4. The zero-order valence-electron chi connectivity index (χ0n) is 11.7. The lowest BCUT2D eigenvalue weighted by molar-refractivity contribution is 0.0761. The SMILES string of the molecule is Cc1cc(Cl)c(C(=O)N(C)CC2CCCN2C)cn1. The van der Waals surface area contributed by atoms with E-state index < -0.39 is 0 Å². The van der Waals surface area contributed by atoms with Gasteiger partial charge in [0.05, 0.1) is 10.6 Å². The van der Waals surface area contributed by atoms with E-state index in [9.17, 15) is 4.79 Å². The van der Waals surface area contributed by atoms with Crippen LogP contribution < -0.4 is 0 Å². The normalized spacial score (nSPS) is 19.7. The van der Waals surface area contributed by atoms with Crippen LogP contribution in [0.3, 0.4) is 0 Å². The highest BCUT2D eigenvalue weighted by Crippen LogP contribution is 2.19. The summed E-state index contributed by atoms with van der Waals surface area (Å²) in [5, 5.41) is 0.476. The van der Waals surface area contributed by atoms with Crippen LogP contribution in [0.15, 0.2) is 12.3 Å². The number of nitrogens with zero attached hydrogens (tertiary/aromatic N) is 3. The number of rotatable bonds is 3. The Morgan fingerprint density at radius 1 is 1.63 bits per heavy atom. The first-order valence-electron chi connectivity index (χ1n) is 6.57. The summed E-state index contributed by atoms with van der Waals surface area (Å²) in [4.78, 5) is 20.5. The molecule has 0 aliphatic carbocycles. The summed E-state index contributed by atoms with van der Waals surface area (Å²) in [6.07, 6.45) is 3.92. The van der Waals surface area contributed by atoms with Crippen molar-refractivity contribution in [3.05, 3.63) is 28.5 Å². The van der Waals surface area contributed by atoms with Crippen LogP contribution in [0.25, 0.3) is 0 Å². The van der Waals surface area contributed by atoms with Crippen LogP contribution in [-0.2, 0) is 0 Å². The molecule has 0 radical (unpaired) electrons. The Kier molecular flexibility index (Phi) is 4.42. The van der Waals surface area contributed by atoms with Crippen LogP contribution >= 0.6 is 11.6 Å². The lowest BCUT2D eigenvalue weighted by atomic mass is 10.2. The summed E-state index contributed by atoms with van der Waals surface area (Å²) in [7, 11) is 3.93. The number of likely N-dealkylation sites (N-methyl/N-ethyl adjacent to an activating group) is 2. The predicted molar refractivity (Wildman–Crippen MR) is 76.6 cm³/mol. The van der Waals surface area contributed by atoms with Gasteiger partial charge in [-0.15, -0.1) is 0 Å². The van der Waals surface area contributed by atoms with E-state index in [0.717, 1.165) is 25.2 Å². The van der Waals surface area contributed by atoms with Gasteiger partial charge < -0.3 is 9.80 Å². The number of likely N-dealkylation sites (tertiary alicyclic amines) is 1. The van der Waals surface area contributed by atoms with Gasteiger partial charge in [0, 0.05) is 31.5 Å². The van der Waals surface area contributed by atoms with Gasteiger partial charge in [-0.1, -0.05) is 11.6 Å². The minimum absolute atomic E-state index is 0.0576. The summed E-state index contributed by atoms with van der Waals surface area (Å²) in [5.74, 6) is -0.0576. The second-order valence-electron chi connectivity index (χ2n) is 5.27. The van der Waals surface area contributed by atoms with Crippen molar-refractivity contribution in [1.82, 2.24) is 14.8 Å². The van der Waals surface area contributed by atoms with Crippen molar-refractivity contribution in [2.75, 3.05) is 27.2 Å². The average Bonchev–Trinajstić information content (AvgIpc) is 2.74. The van der Waals surface area contributed by atoms with Gasteiger partial charge in [-0.3, -0.25) is 9.78 Å². The highest BCUT2D eigenvalue weighted by atomic mass is 35.5. The first kappa shape index (κ1) is 14.3. The molecule has 1 aromatic rings. The van der Waals surface area contributed by atoms with Crippen LogP contribution in [0.4, 0.5) is 0 Å². The summed E-state index contributed by atoms with van der Waals surface area (Å²) in [5.41, 5.74) is 1.30. The van der Waals surface area contributed by atoms with Crippen LogP contribution in [0.5, 0.6) is 0 Å². The van der Waals surface area contributed by atoms with E-state index in [-0.39, 0.29) is 5.91 Å². The maximum atomic E-state index is 12.4. The second-order valence-corrected chi connectivity index (χ2v) is 5.68. The van der Waals surface area contributed by atoms with Crippen molar-refractivity contribution in [2.24, 2.45) is 0 Å². The molecule has 0 spiro atoms. The van der Waals surface area contributed by atoms with E-state index in [4.69, 9.17) is 11.6 Å². The molecule has 0 aromatic carbocycles. The summed E-state index contributed by atoms with van der Waals surface area (Å²) >= 11 is 6.12. The Balaban J connectivity index is 2.06. The molecule has 1 aliphatic rings. The average molecular weight is 282 g/mol. The number of hydrogen-bond donors (Lipinski definition) is 0. The van der Waals surface area contributed by atoms with E-state index in [0.29, 0.717) is 16.6 Å². The van der Waals surface area contributed by atoms with Crippen molar-refractivity contribution in [1.29, 1.82) is 0 Å². The molecule has 0 saturated carbocycles.